The number of halogens is 1. The summed E-state index contributed by atoms with van der Waals surface area (Å²) in [6.45, 7) is 5.55. The van der Waals surface area contributed by atoms with Crippen LogP contribution in [0.3, 0.4) is 0 Å². The van der Waals surface area contributed by atoms with Gasteiger partial charge in [0.15, 0.2) is 0 Å². The second kappa shape index (κ2) is 7.37. The first kappa shape index (κ1) is 17.8. The second-order valence-corrected chi connectivity index (χ2v) is 6.45. The maximum absolute atomic E-state index is 12.8. The van der Waals surface area contributed by atoms with Crippen LogP contribution in [0.5, 0.6) is 0 Å². The molecule has 126 valence electrons. The van der Waals surface area contributed by atoms with Gasteiger partial charge in [-0.2, -0.15) is 0 Å². The van der Waals surface area contributed by atoms with Crippen LogP contribution >= 0.6 is 12.4 Å². The molecule has 3 rings (SSSR count). The Morgan fingerprint density at radius 3 is 2.78 bits per heavy atom. The summed E-state index contributed by atoms with van der Waals surface area (Å²) in [4.78, 5) is 14.7. The Balaban J connectivity index is 0.00000192. The zero-order valence-corrected chi connectivity index (χ0v) is 14.5. The van der Waals surface area contributed by atoms with Crippen LogP contribution < -0.4 is 5.73 Å². The molecule has 4 nitrogen and oxygen atoms in total. The number of furan rings is 1. The molecule has 3 atom stereocenters. The number of rotatable bonds is 3. The number of nitrogens with two attached hydrogens (primary N) is 1. The molecule has 23 heavy (non-hydrogen) atoms. The number of hydrogen-bond donors (Lipinski definition) is 1. The van der Waals surface area contributed by atoms with Crippen molar-refractivity contribution in [3.63, 3.8) is 0 Å². The van der Waals surface area contributed by atoms with Crippen molar-refractivity contribution < 1.29 is 9.21 Å². The van der Waals surface area contributed by atoms with Gasteiger partial charge < -0.3 is 15.1 Å². The van der Waals surface area contributed by atoms with Crippen molar-refractivity contribution in [1.82, 2.24) is 4.90 Å². The molecule has 1 aromatic heterocycles. The molecule has 2 heterocycles. The molecule has 2 N–H and O–H groups in total. The Bertz CT molecular complexity index is 635. The molecular formula is C18H25ClN2O2. The van der Waals surface area contributed by atoms with Crippen molar-refractivity contribution >= 4 is 29.3 Å². The van der Waals surface area contributed by atoms with E-state index in [1.807, 2.05) is 49.1 Å². The molecule has 0 aliphatic carbocycles. The molecule has 0 saturated carbocycles. The fourth-order valence-electron chi connectivity index (χ4n) is 3.25. The fraction of sp³-hybridized carbons (Fsp3) is 0.500. The number of carbonyl (C=O) groups excluding carboxylic acids is 1. The number of amides is 1. The summed E-state index contributed by atoms with van der Waals surface area (Å²) in [5.41, 5.74) is 6.85. The molecule has 1 fully saturated rings. The van der Waals surface area contributed by atoms with E-state index < -0.39 is 0 Å². The number of carbonyl (C=O) groups is 1. The molecule has 1 saturated heterocycles. The average Bonchev–Trinajstić information content (AvgIpc) is 2.97. The van der Waals surface area contributed by atoms with Crippen LogP contribution in [0.15, 0.2) is 34.7 Å². The van der Waals surface area contributed by atoms with Crippen LogP contribution in [0.2, 0.25) is 0 Å². The van der Waals surface area contributed by atoms with Crippen LogP contribution in [0.25, 0.3) is 11.0 Å². The zero-order valence-electron chi connectivity index (χ0n) is 13.7. The van der Waals surface area contributed by atoms with Crippen molar-refractivity contribution in [3.05, 3.63) is 36.1 Å². The van der Waals surface area contributed by atoms with E-state index in [0.717, 1.165) is 42.7 Å². The quantitative estimate of drug-likeness (QED) is 0.932. The van der Waals surface area contributed by atoms with E-state index in [4.69, 9.17) is 10.2 Å². The molecule has 2 aromatic rings. The summed E-state index contributed by atoms with van der Waals surface area (Å²) in [6.07, 6.45) is 2.14. The lowest BCUT2D eigenvalue weighted by molar-refractivity contribution is -0.134. The number of para-hydroxylation sites is 1. The number of piperidine rings is 1. The number of hydrogen-bond acceptors (Lipinski definition) is 3. The lowest BCUT2D eigenvalue weighted by Crippen LogP contribution is -2.46. The van der Waals surface area contributed by atoms with E-state index in [-0.39, 0.29) is 30.3 Å². The Morgan fingerprint density at radius 1 is 1.35 bits per heavy atom. The van der Waals surface area contributed by atoms with Crippen molar-refractivity contribution in [3.8, 4) is 0 Å². The van der Waals surface area contributed by atoms with Gasteiger partial charge in [0.25, 0.3) is 0 Å². The highest BCUT2D eigenvalue weighted by molar-refractivity contribution is 5.86. The van der Waals surface area contributed by atoms with Crippen molar-refractivity contribution in [2.24, 2.45) is 11.7 Å². The van der Waals surface area contributed by atoms with Gasteiger partial charge in [0, 0.05) is 24.5 Å². The van der Waals surface area contributed by atoms with Gasteiger partial charge in [-0.05, 0) is 44.7 Å². The van der Waals surface area contributed by atoms with E-state index in [9.17, 15) is 4.79 Å². The van der Waals surface area contributed by atoms with Gasteiger partial charge in [-0.15, -0.1) is 12.4 Å². The van der Waals surface area contributed by atoms with Gasteiger partial charge in [-0.3, -0.25) is 4.79 Å². The standard InChI is InChI=1S/C18H24N2O2.ClH/c1-12(17-10-14-6-3-4-8-16(14)22-17)18(21)20-9-5-7-15(11-20)13(2)19;/h3-4,6,8,10,12-13,15H,5,7,9,11,19H2,1-2H3;1H. The average molecular weight is 337 g/mol. The number of benzene rings is 1. The first-order chi connectivity index (χ1) is 10.6. The van der Waals surface area contributed by atoms with Crippen molar-refractivity contribution in [2.45, 2.75) is 38.6 Å². The van der Waals surface area contributed by atoms with Crippen LogP contribution in [0.4, 0.5) is 0 Å². The summed E-state index contributed by atoms with van der Waals surface area (Å²) < 4.78 is 5.84. The maximum atomic E-state index is 12.8. The molecule has 1 aliphatic rings. The summed E-state index contributed by atoms with van der Waals surface area (Å²) in [7, 11) is 0. The van der Waals surface area contributed by atoms with Crippen molar-refractivity contribution in [2.75, 3.05) is 13.1 Å². The minimum Gasteiger partial charge on any atom is -0.460 e. The van der Waals surface area contributed by atoms with E-state index in [1.54, 1.807) is 0 Å². The van der Waals surface area contributed by atoms with E-state index in [1.165, 1.54) is 0 Å². The van der Waals surface area contributed by atoms with Crippen LogP contribution in [0.1, 0.15) is 38.4 Å². The summed E-state index contributed by atoms with van der Waals surface area (Å²) in [6, 6.07) is 9.98. The molecule has 1 aromatic carbocycles. The predicted octanol–water partition coefficient (Wildman–Crippen LogP) is 3.54. The van der Waals surface area contributed by atoms with Crippen LogP contribution in [-0.4, -0.2) is 29.9 Å². The highest BCUT2D eigenvalue weighted by Crippen LogP contribution is 2.28. The molecule has 3 unspecified atom stereocenters. The minimum atomic E-state index is -0.251. The highest BCUT2D eigenvalue weighted by Gasteiger charge is 2.30. The van der Waals surface area contributed by atoms with Gasteiger partial charge in [0.2, 0.25) is 5.91 Å². The molecular weight excluding hydrogens is 312 g/mol. The molecule has 0 spiro atoms. The summed E-state index contributed by atoms with van der Waals surface area (Å²) >= 11 is 0. The first-order valence-corrected chi connectivity index (χ1v) is 8.09. The van der Waals surface area contributed by atoms with Crippen LogP contribution in [0, 0.1) is 5.92 Å². The third-order valence-corrected chi connectivity index (χ3v) is 4.75. The van der Waals surface area contributed by atoms with Gasteiger partial charge >= 0.3 is 0 Å². The Labute approximate surface area is 143 Å². The van der Waals surface area contributed by atoms with Gasteiger partial charge in [0.1, 0.15) is 11.3 Å². The van der Waals surface area contributed by atoms with Gasteiger partial charge in [-0.25, -0.2) is 0 Å². The minimum absolute atomic E-state index is 0. The highest BCUT2D eigenvalue weighted by atomic mass is 35.5. The Kier molecular flexibility index (Phi) is 5.71. The normalized spacial score (nSPS) is 20.8. The topological polar surface area (TPSA) is 59.5 Å². The third kappa shape index (κ3) is 3.70. The molecule has 1 aliphatic heterocycles. The second-order valence-electron chi connectivity index (χ2n) is 6.45. The fourth-order valence-corrected chi connectivity index (χ4v) is 3.25. The summed E-state index contributed by atoms with van der Waals surface area (Å²) in [5, 5.41) is 1.05. The molecule has 0 radical (unpaired) electrons. The Morgan fingerprint density at radius 2 is 2.09 bits per heavy atom. The molecule has 1 amide bonds. The molecule has 0 bridgehead atoms. The maximum Gasteiger partial charge on any atom is 0.233 e. The van der Waals surface area contributed by atoms with Gasteiger partial charge in [0.05, 0.1) is 5.92 Å². The smallest absolute Gasteiger partial charge is 0.233 e. The summed E-state index contributed by atoms with van der Waals surface area (Å²) in [5.74, 6) is 1.04. The monoisotopic (exact) mass is 336 g/mol. The number of fused-ring (bicyclic) bond motifs is 1. The largest absolute Gasteiger partial charge is 0.460 e. The Hall–Kier alpha value is -1.52. The lowest BCUT2D eigenvalue weighted by atomic mass is 9.91. The SMILES string of the molecule is CC(C(=O)N1CCCC(C(C)N)C1)c1cc2ccccc2o1.Cl. The molecule has 5 heteroatoms. The lowest BCUT2D eigenvalue weighted by Gasteiger charge is -2.35. The predicted molar refractivity (Wildman–Crippen MR) is 94.8 cm³/mol. The number of nitrogens with zero attached hydrogens (tertiary/aromatic N) is 1. The van der Waals surface area contributed by atoms with Gasteiger partial charge in [-0.1, -0.05) is 18.2 Å². The van der Waals surface area contributed by atoms with E-state index in [2.05, 4.69) is 0 Å². The van der Waals surface area contributed by atoms with E-state index >= 15 is 0 Å². The zero-order chi connectivity index (χ0) is 15.7. The first-order valence-electron chi connectivity index (χ1n) is 8.09. The van der Waals surface area contributed by atoms with Crippen LogP contribution in [-0.2, 0) is 4.79 Å². The van der Waals surface area contributed by atoms with E-state index in [0.29, 0.717) is 5.92 Å². The van der Waals surface area contributed by atoms with Crippen molar-refractivity contribution in [1.29, 1.82) is 0 Å². The third-order valence-electron chi connectivity index (χ3n) is 4.75. The number of likely N-dealkylation sites (tertiary alicyclic amines) is 1.